The molecule has 188 valence electrons. The molecule has 4 heterocycles. The number of rotatable bonds is 6. The Kier molecular flexibility index (Phi) is 6.00. The van der Waals surface area contributed by atoms with Crippen molar-refractivity contribution >= 4 is 34.9 Å². The molecular formula is C23H21ClF2N6O4. The minimum absolute atomic E-state index is 0.167. The van der Waals surface area contributed by atoms with Crippen LogP contribution in [-0.4, -0.2) is 68.6 Å². The van der Waals surface area contributed by atoms with Gasteiger partial charge in [-0.05, 0) is 36.8 Å². The van der Waals surface area contributed by atoms with Crippen molar-refractivity contribution in [2.75, 3.05) is 30.4 Å². The van der Waals surface area contributed by atoms with E-state index in [-0.39, 0.29) is 17.2 Å². The van der Waals surface area contributed by atoms with Gasteiger partial charge in [0.2, 0.25) is 0 Å². The zero-order valence-corrected chi connectivity index (χ0v) is 19.7. The quantitative estimate of drug-likeness (QED) is 0.428. The molecule has 0 radical (unpaired) electrons. The molecule has 2 aliphatic heterocycles. The Balaban J connectivity index is 1.43. The van der Waals surface area contributed by atoms with Crippen molar-refractivity contribution in [3.05, 3.63) is 53.5 Å². The van der Waals surface area contributed by atoms with Crippen LogP contribution in [0, 0.1) is 0 Å². The number of halogens is 3. The van der Waals surface area contributed by atoms with E-state index in [1.807, 2.05) is 4.90 Å². The first-order chi connectivity index (χ1) is 17.1. The SMILES string of the molecule is CN1Cc2[nH]c(-c3cc(C(=O)Nc4ccc(OC(F)(F)Cl)cc4)cnc3N3CC[C@H](O)C3)nc2C1=O. The highest BCUT2D eigenvalue weighted by atomic mass is 35.5. The molecular weight excluding hydrogens is 498 g/mol. The number of aromatic nitrogens is 3. The molecule has 0 aliphatic carbocycles. The van der Waals surface area contributed by atoms with E-state index >= 15 is 0 Å². The third-order valence-electron chi connectivity index (χ3n) is 5.92. The second-order valence-electron chi connectivity index (χ2n) is 8.58. The number of β-amino-alcohol motifs (C(OH)–C–C–N with tert-alkyl or cyclic N) is 1. The number of ether oxygens (including phenoxy) is 1. The van der Waals surface area contributed by atoms with Crippen LogP contribution in [0.15, 0.2) is 36.5 Å². The van der Waals surface area contributed by atoms with Gasteiger partial charge in [0.1, 0.15) is 17.4 Å². The van der Waals surface area contributed by atoms with Crippen LogP contribution in [0.1, 0.15) is 33.0 Å². The van der Waals surface area contributed by atoms with Crippen LogP contribution in [-0.2, 0) is 6.54 Å². The first-order valence-corrected chi connectivity index (χ1v) is 11.4. The van der Waals surface area contributed by atoms with E-state index in [1.165, 1.54) is 30.5 Å². The number of carbonyl (C=O) groups excluding carboxylic acids is 2. The van der Waals surface area contributed by atoms with Gasteiger partial charge in [0, 0.05) is 43.6 Å². The Morgan fingerprint density at radius 3 is 2.72 bits per heavy atom. The molecule has 3 aromatic rings. The fourth-order valence-corrected chi connectivity index (χ4v) is 4.29. The number of aliphatic hydroxyl groups excluding tert-OH is 1. The van der Waals surface area contributed by atoms with E-state index in [0.717, 1.165) is 0 Å². The summed E-state index contributed by atoms with van der Waals surface area (Å²) in [6, 6.07) is 6.88. The molecule has 0 bridgehead atoms. The molecule has 0 spiro atoms. The van der Waals surface area contributed by atoms with Gasteiger partial charge in [-0.15, -0.1) is 8.78 Å². The number of amides is 2. The number of carbonyl (C=O) groups is 2. The van der Waals surface area contributed by atoms with E-state index in [9.17, 15) is 23.5 Å². The molecule has 0 unspecified atom stereocenters. The molecule has 2 aromatic heterocycles. The summed E-state index contributed by atoms with van der Waals surface area (Å²) in [7, 11) is 1.68. The number of aromatic amines is 1. The molecule has 5 rings (SSSR count). The number of pyridine rings is 1. The molecule has 10 nitrogen and oxygen atoms in total. The van der Waals surface area contributed by atoms with Gasteiger partial charge in [-0.25, -0.2) is 9.97 Å². The smallest absolute Gasteiger partial charge is 0.420 e. The van der Waals surface area contributed by atoms with Crippen LogP contribution in [0.3, 0.4) is 0 Å². The predicted molar refractivity (Wildman–Crippen MR) is 126 cm³/mol. The van der Waals surface area contributed by atoms with Crippen LogP contribution < -0.4 is 15.0 Å². The number of hydrogen-bond acceptors (Lipinski definition) is 7. The summed E-state index contributed by atoms with van der Waals surface area (Å²) in [5.74, 6) is 0.0540. The van der Waals surface area contributed by atoms with Crippen LogP contribution >= 0.6 is 11.6 Å². The van der Waals surface area contributed by atoms with E-state index < -0.39 is 17.6 Å². The fraction of sp³-hybridized carbons (Fsp3) is 0.304. The number of imidazole rings is 1. The number of benzene rings is 1. The Morgan fingerprint density at radius 2 is 2.08 bits per heavy atom. The molecule has 2 aliphatic rings. The average Bonchev–Trinajstić information content (AvgIpc) is 3.50. The van der Waals surface area contributed by atoms with Crippen LogP contribution in [0.5, 0.6) is 5.75 Å². The summed E-state index contributed by atoms with van der Waals surface area (Å²) >= 11 is 4.77. The Labute approximate surface area is 208 Å². The maximum Gasteiger partial charge on any atom is 0.487 e. The number of hydrogen-bond donors (Lipinski definition) is 3. The van der Waals surface area contributed by atoms with Crippen molar-refractivity contribution in [2.45, 2.75) is 24.6 Å². The minimum Gasteiger partial charge on any atom is -0.420 e. The Morgan fingerprint density at radius 1 is 1.33 bits per heavy atom. The second kappa shape index (κ2) is 9.03. The van der Waals surface area contributed by atoms with Gasteiger partial charge in [0.15, 0.2) is 5.69 Å². The second-order valence-corrected chi connectivity index (χ2v) is 9.02. The number of nitrogens with one attached hydrogen (secondary N) is 2. The van der Waals surface area contributed by atoms with Gasteiger partial charge in [-0.2, -0.15) is 0 Å². The topological polar surface area (TPSA) is 124 Å². The maximum atomic E-state index is 13.0. The predicted octanol–water partition coefficient (Wildman–Crippen LogP) is 3.05. The van der Waals surface area contributed by atoms with E-state index in [0.29, 0.717) is 60.3 Å². The first kappa shape index (κ1) is 23.9. The van der Waals surface area contributed by atoms with Gasteiger partial charge in [-0.1, -0.05) is 0 Å². The molecule has 1 fully saturated rings. The number of alkyl halides is 3. The molecule has 3 N–H and O–H groups in total. The molecule has 1 atom stereocenters. The standard InChI is InChI=1S/C23H21ClF2N6O4/c1-31-11-17-18(22(31)35)30-19(29-17)16-8-12(9-27-20(16)32-7-6-14(33)10-32)21(34)28-13-2-4-15(5-3-13)36-23(24,25)26/h2-5,8-9,14,33H,6-7,10-11H2,1H3,(H,28,34)(H,29,30)/t14-/m0/s1. The summed E-state index contributed by atoms with van der Waals surface area (Å²) in [6.07, 6.45) is 1.49. The number of H-pyrrole nitrogens is 1. The maximum absolute atomic E-state index is 13.0. The number of nitrogens with zero attached hydrogens (tertiary/aromatic N) is 4. The lowest BCUT2D eigenvalue weighted by molar-refractivity contribution is -0.0964. The third kappa shape index (κ3) is 4.82. The molecule has 0 saturated carbocycles. The zero-order chi connectivity index (χ0) is 25.6. The Hall–Kier alpha value is -3.77. The van der Waals surface area contributed by atoms with Gasteiger partial charge >= 0.3 is 5.57 Å². The summed E-state index contributed by atoms with van der Waals surface area (Å²) in [4.78, 5) is 40.9. The normalized spacial score (nSPS) is 17.5. The van der Waals surface area contributed by atoms with E-state index in [2.05, 4.69) is 25.0 Å². The minimum atomic E-state index is -3.84. The largest absolute Gasteiger partial charge is 0.487 e. The number of fused-ring (bicyclic) bond motifs is 1. The molecule has 1 saturated heterocycles. The highest BCUT2D eigenvalue weighted by molar-refractivity contribution is 6.20. The number of aliphatic hydroxyl groups is 1. The van der Waals surface area contributed by atoms with E-state index in [1.54, 1.807) is 18.0 Å². The summed E-state index contributed by atoms with van der Waals surface area (Å²) in [5, 5.41) is 12.7. The molecule has 36 heavy (non-hydrogen) atoms. The lowest BCUT2D eigenvalue weighted by atomic mass is 10.1. The van der Waals surface area contributed by atoms with Gasteiger partial charge in [0.05, 0.1) is 29.5 Å². The summed E-state index contributed by atoms with van der Waals surface area (Å²) in [6.45, 7) is 1.34. The molecule has 13 heteroatoms. The highest BCUT2D eigenvalue weighted by Gasteiger charge is 2.31. The Bertz CT molecular complexity index is 1330. The van der Waals surface area contributed by atoms with Crippen molar-refractivity contribution in [1.29, 1.82) is 0 Å². The van der Waals surface area contributed by atoms with Crippen molar-refractivity contribution < 1.29 is 28.2 Å². The summed E-state index contributed by atoms with van der Waals surface area (Å²) in [5.41, 5.74) is -1.80. The van der Waals surface area contributed by atoms with Crippen molar-refractivity contribution in [3.63, 3.8) is 0 Å². The van der Waals surface area contributed by atoms with Gasteiger partial charge in [-0.3, -0.25) is 9.59 Å². The third-order valence-corrected chi connectivity index (χ3v) is 5.99. The lowest BCUT2D eigenvalue weighted by Gasteiger charge is -2.20. The van der Waals surface area contributed by atoms with Crippen LogP contribution in [0.4, 0.5) is 20.3 Å². The highest BCUT2D eigenvalue weighted by Crippen LogP contribution is 2.33. The van der Waals surface area contributed by atoms with Crippen LogP contribution in [0.2, 0.25) is 0 Å². The molecule has 2 amide bonds. The average molecular weight is 519 g/mol. The van der Waals surface area contributed by atoms with E-state index in [4.69, 9.17) is 11.6 Å². The lowest BCUT2D eigenvalue weighted by Crippen LogP contribution is -2.24. The monoisotopic (exact) mass is 518 g/mol. The van der Waals surface area contributed by atoms with Crippen LogP contribution in [0.25, 0.3) is 11.4 Å². The molecule has 1 aromatic carbocycles. The van der Waals surface area contributed by atoms with Gasteiger partial charge in [0.25, 0.3) is 11.8 Å². The zero-order valence-electron chi connectivity index (χ0n) is 19.0. The van der Waals surface area contributed by atoms with Crippen molar-refractivity contribution in [3.8, 4) is 17.1 Å². The first-order valence-electron chi connectivity index (χ1n) is 11.0. The van der Waals surface area contributed by atoms with Crippen molar-refractivity contribution in [1.82, 2.24) is 19.9 Å². The fourth-order valence-electron chi connectivity index (χ4n) is 4.20. The summed E-state index contributed by atoms with van der Waals surface area (Å²) < 4.78 is 29.9. The van der Waals surface area contributed by atoms with Crippen molar-refractivity contribution in [2.24, 2.45) is 0 Å². The van der Waals surface area contributed by atoms with Gasteiger partial charge < -0.3 is 29.9 Å². The number of anilines is 2.